The van der Waals surface area contributed by atoms with Gasteiger partial charge in [-0.25, -0.2) is 9.18 Å². The Hall–Kier alpha value is -2.64. The second-order valence-electron chi connectivity index (χ2n) is 7.28. The topological polar surface area (TPSA) is 92.9 Å². The summed E-state index contributed by atoms with van der Waals surface area (Å²) in [6, 6.07) is 10.5. The van der Waals surface area contributed by atoms with E-state index in [1.807, 2.05) is 0 Å². The molecule has 0 bridgehead atoms. The van der Waals surface area contributed by atoms with Crippen molar-refractivity contribution in [1.82, 2.24) is 4.90 Å². The van der Waals surface area contributed by atoms with E-state index in [0.29, 0.717) is 32.4 Å². The van der Waals surface area contributed by atoms with Crippen LogP contribution in [0.4, 0.5) is 4.39 Å². The molecule has 6 nitrogen and oxygen atoms in total. The van der Waals surface area contributed by atoms with Gasteiger partial charge in [-0.2, -0.15) is 0 Å². The summed E-state index contributed by atoms with van der Waals surface area (Å²) in [6.45, 7) is 0.691. The fourth-order valence-electron chi connectivity index (χ4n) is 3.41. The second-order valence-corrected chi connectivity index (χ2v) is 7.72. The molecule has 0 aromatic heterocycles. The van der Waals surface area contributed by atoms with Gasteiger partial charge in [0.2, 0.25) is 0 Å². The molecule has 3 rings (SSSR count). The second kappa shape index (κ2) is 8.80. The monoisotopic (exact) mass is 420 g/mol. The van der Waals surface area contributed by atoms with Gasteiger partial charge >= 0.3 is 5.97 Å². The van der Waals surface area contributed by atoms with Gasteiger partial charge in [0.1, 0.15) is 17.1 Å². The van der Waals surface area contributed by atoms with E-state index in [2.05, 4.69) is 0 Å². The number of carboxylic acids is 1. The van der Waals surface area contributed by atoms with E-state index in [4.69, 9.17) is 22.1 Å². The van der Waals surface area contributed by atoms with E-state index < -0.39 is 11.5 Å². The molecule has 0 unspecified atom stereocenters. The van der Waals surface area contributed by atoms with Crippen molar-refractivity contribution in [3.05, 3.63) is 64.4 Å². The highest BCUT2D eigenvalue weighted by Crippen LogP contribution is 2.26. The lowest BCUT2D eigenvalue weighted by atomic mass is 9.83. The highest BCUT2D eigenvalue weighted by atomic mass is 35.5. The highest BCUT2D eigenvalue weighted by Gasteiger charge is 2.32. The van der Waals surface area contributed by atoms with Crippen LogP contribution in [0.5, 0.6) is 5.75 Å². The van der Waals surface area contributed by atoms with Crippen LogP contribution < -0.4 is 10.5 Å². The highest BCUT2D eigenvalue weighted by molar-refractivity contribution is 6.31. The number of carbonyl (C=O) groups is 2. The molecule has 29 heavy (non-hydrogen) atoms. The number of hydrogen-bond acceptors (Lipinski definition) is 4. The molecular formula is C21H22ClFN2O4. The van der Waals surface area contributed by atoms with Crippen molar-refractivity contribution < 1.29 is 23.8 Å². The van der Waals surface area contributed by atoms with Gasteiger partial charge in [0.25, 0.3) is 5.91 Å². The summed E-state index contributed by atoms with van der Waals surface area (Å²) >= 11 is 5.81. The zero-order chi connectivity index (χ0) is 21.0. The lowest BCUT2D eigenvalue weighted by molar-refractivity contribution is -0.134. The molecule has 2 aromatic carbocycles. The van der Waals surface area contributed by atoms with Crippen molar-refractivity contribution >= 4 is 23.5 Å². The Morgan fingerprint density at radius 1 is 1.17 bits per heavy atom. The summed E-state index contributed by atoms with van der Waals surface area (Å²) in [6.07, 6.45) is 1.83. The Morgan fingerprint density at radius 2 is 1.83 bits per heavy atom. The van der Waals surface area contributed by atoms with Gasteiger partial charge in [-0.3, -0.25) is 4.79 Å². The van der Waals surface area contributed by atoms with Crippen molar-refractivity contribution in [2.75, 3.05) is 19.7 Å². The molecule has 3 N–H and O–H groups in total. The Labute approximate surface area is 173 Å². The smallest absolute Gasteiger partial charge is 0.339 e. The number of halogens is 2. The van der Waals surface area contributed by atoms with Crippen LogP contribution in [0.3, 0.4) is 0 Å². The first-order valence-electron chi connectivity index (χ1n) is 9.22. The standard InChI is InChI=1S/C21H22ClFN2O4/c22-15-3-6-18(17(11-15)20(27)28)29-13-19(26)25-9-7-21(24,8-10-25)12-14-1-4-16(23)5-2-14/h1-6,11H,7-10,12-13,24H2,(H,27,28). The molecule has 2 aromatic rings. The van der Waals surface area contributed by atoms with Gasteiger partial charge in [0.15, 0.2) is 6.61 Å². The van der Waals surface area contributed by atoms with Crippen LogP contribution in [-0.4, -0.2) is 47.1 Å². The largest absolute Gasteiger partial charge is 0.483 e. The number of carboxylic acid groups (broad SMARTS) is 1. The Balaban J connectivity index is 1.54. The third kappa shape index (κ3) is 5.46. The van der Waals surface area contributed by atoms with Gasteiger partial charge in [0.05, 0.1) is 0 Å². The molecule has 1 amide bonds. The normalized spacial score (nSPS) is 15.8. The van der Waals surface area contributed by atoms with Crippen LogP contribution in [0.2, 0.25) is 5.02 Å². The molecule has 0 aliphatic carbocycles. The van der Waals surface area contributed by atoms with Crippen LogP contribution >= 0.6 is 11.6 Å². The quantitative estimate of drug-likeness (QED) is 0.749. The SMILES string of the molecule is NC1(Cc2ccc(F)cc2)CCN(C(=O)COc2ccc(Cl)cc2C(=O)O)CC1. The minimum atomic E-state index is -1.18. The van der Waals surface area contributed by atoms with Crippen molar-refractivity contribution in [2.45, 2.75) is 24.8 Å². The number of ether oxygens (including phenoxy) is 1. The number of rotatable bonds is 6. The average Bonchev–Trinajstić information content (AvgIpc) is 2.69. The number of piperidine rings is 1. The van der Waals surface area contributed by atoms with Gasteiger partial charge in [-0.1, -0.05) is 23.7 Å². The summed E-state index contributed by atoms with van der Waals surface area (Å²) in [5.74, 6) is -1.61. The third-order valence-electron chi connectivity index (χ3n) is 5.10. The van der Waals surface area contributed by atoms with Crippen molar-refractivity contribution in [2.24, 2.45) is 5.73 Å². The molecule has 0 radical (unpaired) electrons. The van der Waals surface area contributed by atoms with E-state index in [1.54, 1.807) is 17.0 Å². The number of amides is 1. The number of likely N-dealkylation sites (tertiary alicyclic amines) is 1. The van der Waals surface area contributed by atoms with Gasteiger partial charge in [-0.05, 0) is 55.2 Å². The minimum Gasteiger partial charge on any atom is -0.483 e. The number of carbonyl (C=O) groups excluding carboxylic acids is 1. The zero-order valence-corrected chi connectivity index (χ0v) is 16.5. The van der Waals surface area contributed by atoms with E-state index in [-0.39, 0.29) is 34.7 Å². The molecule has 0 spiro atoms. The number of hydrogen-bond donors (Lipinski definition) is 2. The molecule has 154 valence electrons. The molecular weight excluding hydrogens is 399 g/mol. The van der Waals surface area contributed by atoms with Gasteiger partial charge < -0.3 is 20.5 Å². The molecule has 1 heterocycles. The predicted octanol–water partition coefficient (Wildman–Crippen LogP) is 3.12. The average molecular weight is 421 g/mol. The summed E-state index contributed by atoms with van der Waals surface area (Å²) in [7, 11) is 0. The molecule has 1 aliphatic heterocycles. The predicted molar refractivity (Wildman–Crippen MR) is 107 cm³/mol. The Morgan fingerprint density at radius 3 is 2.45 bits per heavy atom. The summed E-state index contributed by atoms with van der Waals surface area (Å²) < 4.78 is 18.5. The van der Waals surface area contributed by atoms with Gasteiger partial charge in [0, 0.05) is 23.7 Å². The van der Waals surface area contributed by atoms with Crippen molar-refractivity contribution in [3.8, 4) is 5.75 Å². The molecule has 0 saturated carbocycles. The lowest BCUT2D eigenvalue weighted by Gasteiger charge is -2.39. The van der Waals surface area contributed by atoms with E-state index in [0.717, 1.165) is 5.56 Å². The first-order chi connectivity index (χ1) is 13.8. The first-order valence-corrected chi connectivity index (χ1v) is 9.60. The van der Waals surface area contributed by atoms with Crippen LogP contribution in [0.25, 0.3) is 0 Å². The fourth-order valence-corrected chi connectivity index (χ4v) is 3.59. The van der Waals surface area contributed by atoms with Crippen LogP contribution in [0.15, 0.2) is 42.5 Å². The van der Waals surface area contributed by atoms with Gasteiger partial charge in [-0.15, -0.1) is 0 Å². The fraction of sp³-hybridized carbons (Fsp3) is 0.333. The van der Waals surface area contributed by atoms with Crippen LogP contribution in [0, 0.1) is 5.82 Å². The van der Waals surface area contributed by atoms with Crippen LogP contribution in [-0.2, 0) is 11.2 Å². The number of nitrogens with two attached hydrogens (primary N) is 1. The Bertz CT molecular complexity index is 896. The van der Waals surface area contributed by atoms with E-state index in [1.165, 1.54) is 30.3 Å². The molecule has 0 atom stereocenters. The first kappa shape index (κ1) is 21.1. The maximum absolute atomic E-state index is 13.1. The summed E-state index contributed by atoms with van der Waals surface area (Å²) in [5.41, 5.74) is 6.89. The number of nitrogens with zero attached hydrogens (tertiary/aromatic N) is 1. The molecule has 1 aliphatic rings. The maximum Gasteiger partial charge on any atom is 0.339 e. The number of benzene rings is 2. The van der Waals surface area contributed by atoms with Crippen molar-refractivity contribution in [3.63, 3.8) is 0 Å². The molecule has 1 saturated heterocycles. The Kier molecular flexibility index (Phi) is 6.39. The molecule has 8 heteroatoms. The van der Waals surface area contributed by atoms with E-state index >= 15 is 0 Å². The zero-order valence-electron chi connectivity index (χ0n) is 15.7. The molecule has 1 fully saturated rings. The summed E-state index contributed by atoms with van der Waals surface area (Å²) in [4.78, 5) is 25.4. The summed E-state index contributed by atoms with van der Waals surface area (Å²) in [5, 5.41) is 9.50. The third-order valence-corrected chi connectivity index (χ3v) is 5.34. The van der Waals surface area contributed by atoms with Crippen LogP contribution in [0.1, 0.15) is 28.8 Å². The van der Waals surface area contributed by atoms with E-state index in [9.17, 15) is 19.1 Å². The lowest BCUT2D eigenvalue weighted by Crippen LogP contribution is -2.53. The minimum absolute atomic E-state index is 0.0933. The van der Waals surface area contributed by atoms with Crippen molar-refractivity contribution in [1.29, 1.82) is 0 Å². The maximum atomic E-state index is 13.1. The number of aromatic carboxylic acids is 1.